The molecule has 5 aromatic rings. The molecular weight excluding hydrogens is 530 g/mol. The average molecular weight is 560 g/mol. The van der Waals surface area contributed by atoms with Crippen LogP contribution in [0, 0.1) is 11.3 Å². The molecule has 2 bridgehead atoms. The highest BCUT2D eigenvalue weighted by Gasteiger charge is 2.50. The highest BCUT2D eigenvalue weighted by molar-refractivity contribution is 5.94. The third kappa shape index (κ3) is 3.77. The van der Waals surface area contributed by atoms with E-state index in [9.17, 15) is 20.0 Å². The molecule has 210 valence electrons. The lowest BCUT2D eigenvalue weighted by Crippen LogP contribution is -2.38. The normalized spacial score (nSPS) is 17.5. The van der Waals surface area contributed by atoms with Crippen molar-refractivity contribution in [1.82, 2.24) is 28.8 Å². The summed E-state index contributed by atoms with van der Waals surface area (Å²) < 4.78 is 4.65. The number of hydrogen-bond acceptors (Lipinski definition) is 6. The Labute approximate surface area is 241 Å². The summed E-state index contributed by atoms with van der Waals surface area (Å²) in [6.45, 7) is 7.01. The number of rotatable bonds is 4. The Morgan fingerprint density at radius 2 is 1.90 bits per heavy atom. The highest BCUT2D eigenvalue weighted by atomic mass is 16.3. The molecule has 2 aromatic carbocycles. The fraction of sp³-hybridized carbons (Fsp3) is 0.281. The van der Waals surface area contributed by atoms with Crippen molar-refractivity contribution >= 4 is 16.8 Å². The summed E-state index contributed by atoms with van der Waals surface area (Å²) in [5.74, 6) is -0.381. The van der Waals surface area contributed by atoms with E-state index in [1.807, 2.05) is 36.4 Å². The molecule has 7 rings (SSSR count). The van der Waals surface area contributed by atoms with Crippen molar-refractivity contribution in [3.8, 4) is 17.6 Å². The molecule has 0 radical (unpaired) electrons. The van der Waals surface area contributed by atoms with E-state index in [-0.39, 0.29) is 28.9 Å². The fourth-order valence-corrected chi connectivity index (χ4v) is 6.31. The van der Waals surface area contributed by atoms with Gasteiger partial charge < -0.3 is 10.0 Å². The van der Waals surface area contributed by atoms with Gasteiger partial charge in [0.05, 0.1) is 41.1 Å². The Kier molecular flexibility index (Phi) is 5.63. The SMILES string of the molecule is CC(C)(C)c1cc(C(=O)N2C[C@@H]3C[C@H]2c2c(O)n(-c4ccc(C#N)c5ncccc45)c(=O)n23)n(Cc2ccccc2)n1. The number of aromatic nitrogens is 5. The number of likely N-dealkylation sites (tertiary alicyclic amines) is 1. The van der Waals surface area contributed by atoms with Gasteiger partial charge in [-0.25, -0.2) is 9.36 Å². The molecule has 0 spiro atoms. The van der Waals surface area contributed by atoms with Crippen molar-refractivity contribution in [3.63, 3.8) is 0 Å². The minimum absolute atomic E-state index is 0.180. The van der Waals surface area contributed by atoms with Crippen LogP contribution in [0.5, 0.6) is 5.88 Å². The zero-order valence-electron chi connectivity index (χ0n) is 23.5. The number of nitriles is 1. The number of pyridine rings is 1. The first-order chi connectivity index (χ1) is 20.2. The fourth-order valence-electron chi connectivity index (χ4n) is 6.31. The molecule has 2 aliphatic rings. The number of carbonyl (C=O) groups excluding carboxylic acids is 1. The second-order valence-corrected chi connectivity index (χ2v) is 12.0. The van der Waals surface area contributed by atoms with Crippen molar-refractivity contribution in [3.05, 3.63) is 106 Å². The van der Waals surface area contributed by atoms with E-state index in [4.69, 9.17) is 5.10 Å². The number of hydrogen-bond donors (Lipinski definition) is 1. The number of amides is 1. The number of carbonyl (C=O) groups is 1. The van der Waals surface area contributed by atoms with Gasteiger partial charge in [-0.3, -0.25) is 19.0 Å². The van der Waals surface area contributed by atoms with E-state index in [1.165, 1.54) is 4.57 Å². The zero-order chi connectivity index (χ0) is 29.3. The Balaban J connectivity index is 1.29. The maximum absolute atomic E-state index is 14.2. The van der Waals surface area contributed by atoms with Gasteiger partial charge >= 0.3 is 5.69 Å². The molecule has 10 heteroatoms. The Morgan fingerprint density at radius 1 is 1.12 bits per heavy atom. The lowest BCUT2D eigenvalue weighted by molar-refractivity contribution is 0.0699. The lowest BCUT2D eigenvalue weighted by Gasteiger charge is -2.27. The molecular formula is C32H29N7O3. The van der Waals surface area contributed by atoms with E-state index in [0.717, 1.165) is 11.3 Å². The molecule has 1 amide bonds. The van der Waals surface area contributed by atoms with Gasteiger partial charge in [-0.2, -0.15) is 10.4 Å². The molecule has 0 unspecified atom stereocenters. The van der Waals surface area contributed by atoms with Crippen molar-refractivity contribution in [2.24, 2.45) is 0 Å². The predicted octanol–water partition coefficient (Wildman–Crippen LogP) is 4.45. The number of benzene rings is 2. The summed E-state index contributed by atoms with van der Waals surface area (Å²) in [5, 5.41) is 26.5. The van der Waals surface area contributed by atoms with Gasteiger partial charge in [0.25, 0.3) is 5.91 Å². The molecule has 1 N–H and O–H groups in total. The van der Waals surface area contributed by atoms with Gasteiger partial charge in [0.2, 0.25) is 5.88 Å². The maximum atomic E-state index is 14.2. The topological polar surface area (TPSA) is 122 Å². The van der Waals surface area contributed by atoms with Crippen LogP contribution in [0.4, 0.5) is 0 Å². The van der Waals surface area contributed by atoms with Crippen molar-refractivity contribution in [1.29, 1.82) is 5.26 Å². The van der Waals surface area contributed by atoms with Crippen molar-refractivity contribution < 1.29 is 9.90 Å². The average Bonchev–Trinajstić information content (AvgIpc) is 3.75. The Morgan fingerprint density at radius 3 is 2.64 bits per heavy atom. The summed E-state index contributed by atoms with van der Waals surface area (Å²) in [6, 6.07) is 19.9. The lowest BCUT2D eigenvalue weighted by atomic mass is 9.92. The van der Waals surface area contributed by atoms with Gasteiger partial charge in [0.1, 0.15) is 17.5 Å². The number of imidazole rings is 1. The largest absolute Gasteiger partial charge is 0.493 e. The first-order valence-corrected chi connectivity index (χ1v) is 13.9. The van der Waals surface area contributed by atoms with Crippen LogP contribution in [0.15, 0.2) is 71.7 Å². The molecule has 1 saturated heterocycles. The van der Waals surface area contributed by atoms with E-state index in [0.29, 0.717) is 53.1 Å². The first-order valence-electron chi connectivity index (χ1n) is 13.9. The zero-order valence-corrected chi connectivity index (χ0v) is 23.5. The quantitative estimate of drug-likeness (QED) is 0.347. The molecule has 5 heterocycles. The smallest absolute Gasteiger partial charge is 0.336 e. The molecule has 0 aliphatic carbocycles. The van der Waals surface area contributed by atoms with Crippen LogP contribution in [0.2, 0.25) is 0 Å². The summed E-state index contributed by atoms with van der Waals surface area (Å²) in [6.07, 6.45) is 2.14. The van der Waals surface area contributed by atoms with Crippen molar-refractivity contribution in [2.75, 3.05) is 6.54 Å². The van der Waals surface area contributed by atoms with Crippen LogP contribution >= 0.6 is 0 Å². The summed E-state index contributed by atoms with van der Waals surface area (Å²) in [7, 11) is 0. The Bertz CT molecular complexity index is 1990. The second-order valence-electron chi connectivity index (χ2n) is 12.0. The van der Waals surface area contributed by atoms with Gasteiger partial charge in [-0.1, -0.05) is 51.1 Å². The van der Waals surface area contributed by atoms with Gasteiger partial charge in [-0.05, 0) is 42.3 Å². The summed E-state index contributed by atoms with van der Waals surface area (Å²) in [4.78, 5) is 34.0. The van der Waals surface area contributed by atoms with E-state index < -0.39 is 6.04 Å². The third-order valence-electron chi connectivity index (χ3n) is 8.37. The molecule has 0 saturated carbocycles. The maximum Gasteiger partial charge on any atom is 0.336 e. The first kappa shape index (κ1) is 25.8. The molecule has 1 fully saturated rings. The Hall–Kier alpha value is -5.17. The summed E-state index contributed by atoms with van der Waals surface area (Å²) >= 11 is 0. The van der Waals surface area contributed by atoms with E-state index in [1.54, 1.807) is 44.6 Å². The third-order valence-corrected chi connectivity index (χ3v) is 8.37. The minimum atomic E-state index is -0.461. The minimum Gasteiger partial charge on any atom is -0.493 e. The van der Waals surface area contributed by atoms with Gasteiger partial charge in [-0.15, -0.1) is 0 Å². The van der Waals surface area contributed by atoms with Crippen molar-refractivity contribution in [2.45, 2.75) is 51.2 Å². The van der Waals surface area contributed by atoms with E-state index >= 15 is 0 Å². The predicted molar refractivity (Wildman–Crippen MR) is 156 cm³/mol. The molecule has 2 aliphatic heterocycles. The number of aromatic hydroxyl groups is 1. The molecule has 3 aromatic heterocycles. The van der Waals surface area contributed by atoms with Gasteiger partial charge in [0.15, 0.2) is 0 Å². The standard InChI is InChI=1S/C32H29N7O3/c1-32(2,3)26-15-25(37(35-26)17-19-8-5-4-6-9-19)29(40)36-18-21-14-24(36)28-30(41)39(31(42)38(21)28)23-12-11-20(16-33)27-22(23)10-7-13-34-27/h4-13,15,21,24,41H,14,17-18H2,1-3H3/t21-,24-/m0/s1. The van der Waals surface area contributed by atoms with Crippen LogP contribution in [-0.2, 0) is 12.0 Å². The van der Waals surface area contributed by atoms with Crippen LogP contribution in [-0.4, -0.2) is 46.4 Å². The molecule has 42 heavy (non-hydrogen) atoms. The second kappa shape index (κ2) is 9.17. The van der Waals surface area contributed by atoms with E-state index in [2.05, 4.69) is 31.8 Å². The van der Waals surface area contributed by atoms with Crippen LogP contribution in [0.25, 0.3) is 16.6 Å². The van der Waals surface area contributed by atoms with Crippen LogP contribution in [0.3, 0.4) is 0 Å². The molecule has 10 nitrogen and oxygen atoms in total. The summed E-state index contributed by atoms with van der Waals surface area (Å²) in [5.41, 5.74) is 3.41. The van der Waals surface area contributed by atoms with Crippen LogP contribution < -0.4 is 5.69 Å². The monoisotopic (exact) mass is 559 g/mol. The highest BCUT2D eigenvalue weighted by Crippen LogP contribution is 2.49. The van der Waals surface area contributed by atoms with Crippen LogP contribution in [0.1, 0.15) is 72.3 Å². The number of fused-ring (bicyclic) bond motifs is 6. The van der Waals surface area contributed by atoms with Gasteiger partial charge in [0, 0.05) is 23.5 Å². The molecule has 2 atom stereocenters. The number of nitrogens with zero attached hydrogens (tertiary/aromatic N) is 7.